The molecule has 0 unspecified atom stereocenters. The van der Waals surface area contributed by atoms with Crippen LogP contribution in [0.3, 0.4) is 0 Å². The molecule has 10 heteroatoms. The second-order valence-corrected chi connectivity index (χ2v) is 9.07. The smallest absolute Gasteiger partial charge is 0.274 e. The maximum absolute atomic E-state index is 13.1. The second kappa shape index (κ2) is 12.0. The van der Waals surface area contributed by atoms with Crippen molar-refractivity contribution in [2.45, 2.75) is 18.9 Å². The van der Waals surface area contributed by atoms with Crippen LogP contribution in [0.2, 0.25) is 0 Å². The van der Waals surface area contributed by atoms with Crippen LogP contribution in [0.25, 0.3) is 0 Å². The monoisotopic (exact) mass is 537 g/mol. The molecule has 9 nitrogen and oxygen atoms in total. The summed E-state index contributed by atoms with van der Waals surface area (Å²) in [5.41, 5.74) is 1.52. The molecule has 1 aliphatic heterocycles. The fourth-order valence-corrected chi connectivity index (χ4v) is 4.15. The highest BCUT2D eigenvalue weighted by atomic mass is 19.1. The van der Waals surface area contributed by atoms with Gasteiger partial charge in [-0.05, 0) is 66.7 Å². The molecule has 0 atom stereocenters. The number of benzene rings is 2. The molecule has 1 aliphatic rings. The summed E-state index contributed by atoms with van der Waals surface area (Å²) in [6.45, 7) is 1.04. The highest BCUT2D eigenvalue weighted by molar-refractivity contribution is 6.03. The quantitative estimate of drug-likeness (QED) is 0.344. The van der Waals surface area contributed by atoms with Gasteiger partial charge in [0.25, 0.3) is 11.8 Å². The lowest BCUT2D eigenvalue weighted by molar-refractivity contribution is 0.0594. The Hall–Kier alpha value is -5.30. The number of nitriles is 1. The maximum Gasteiger partial charge on any atom is 0.274 e. The van der Waals surface area contributed by atoms with E-state index in [1.807, 2.05) is 6.07 Å². The summed E-state index contributed by atoms with van der Waals surface area (Å²) in [5, 5.41) is 11.6. The lowest BCUT2D eigenvalue weighted by atomic mass is 10.1. The first kappa shape index (κ1) is 26.3. The third-order valence-electron chi connectivity index (χ3n) is 6.29. The van der Waals surface area contributed by atoms with Gasteiger partial charge in [-0.25, -0.2) is 9.37 Å². The van der Waals surface area contributed by atoms with Crippen molar-refractivity contribution < 1.29 is 23.5 Å². The molecule has 2 aromatic heterocycles. The Morgan fingerprint density at radius 1 is 0.900 bits per heavy atom. The first-order valence-corrected chi connectivity index (χ1v) is 12.6. The van der Waals surface area contributed by atoms with Crippen LogP contribution in [0.4, 0.5) is 10.1 Å². The zero-order valence-electron chi connectivity index (χ0n) is 21.3. The lowest BCUT2D eigenvalue weighted by Crippen LogP contribution is -2.41. The SMILES string of the molecule is N#Cc1ccc(Oc2ccc(NC(=O)c3ccc(C(=O)N4CCC(Oc5ccc(F)cc5)CC4)cn3)cn2)cc1. The fraction of sp³-hybridized carbons (Fsp3) is 0.167. The van der Waals surface area contributed by atoms with Gasteiger partial charge < -0.3 is 19.7 Å². The predicted molar refractivity (Wildman–Crippen MR) is 144 cm³/mol. The summed E-state index contributed by atoms with van der Waals surface area (Å²) in [6.07, 6.45) is 4.11. The van der Waals surface area contributed by atoms with Crippen LogP contribution in [0.15, 0.2) is 85.2 Å². The normalized spacial score (nSPS) is 13.2. The van der Waals surface area contributed by atoms with Crippen LogP contribution < -0.4 is 14.8 Å². The van der Waals surface area contributed by atoms with Crippen molar-refractivity contribution in [1.82, 2.24) is 14.9 Å². The number of carbonyl (C=O) groups is 2. The average molecular weight is 538 g/mol. The van der Waals surface area contributed by atoms with E-state index in [9.17, 15) is 14.0 Å². The minimum atomic E-state index is -0.444. The van der Waals surface area contributed by atoms with Crippen LogP contribution in [-0.2, 0) is 0 Å². The molecule has 2 amide bonds. The van der Waals surface area contributed by atoms with E-state index in [-0.39, 0.29) is 23.5 Å². The molecule has 200 valence electrons. The number of amides is 2. The molecule has 1 saturated heterocycles. The Labute approximate surface area is 229 Å². The predicted octanol–water partition coefficient (Wildman–Crippen LogP) is 5.22. The Bertz CT molecular complexity index is 1510. The molecule has 1 fully saturated rings. The van der Waals surface area contributed by atoms with Gasteiger partial charge in [-0.2, -0.15) is 5.26 Å². The van der Waals surface area contributed by atoms with Crippen LogP contribution in [0.5, 0.6) is 17.4 Å². The molecule has 0 bridgehead atoms. The van der Waals surface area contributed by atoms with Crippen molar-refractivity contribution in [3.05, 3.63) is 108 Å². The molecule has 0 radical (unpaired) electrons. The number of nitrogens with zero attached hydrogens (tertiary/aromatic N) is 4. The van der Waals surface area contributed by atoms with E-state index >= 15 is 0 Å². The van der Waals surface area contributed by atoms with Gasteiger partial charge in [0.05, 0.1) is 29.1 Å². The standard InChI is InChI=1S/C30H24FN5O4/c31-22-4-9-24(10-5-22)39-26-13-15-36(16-14-26)30(38)21-3-11-27(33-18-21)29(37)35-23-6-12-28(34-19-23)40-25-7-1-20(17-32)2-8-25/h1-12,18-19,26H,13-16H2,(H,35,37). The van der Waals surface area contributed by atoms with E-state index in [1.54, 1.807) is 59.5 Å². The topological polar surface area (TPSA) is 117 Å². The Morgan fingerprint density at radius 2 is 1.62 bits per heavy atom. The maximum atomic E-state index is 13.1. The molecular weight excluding hydrogens is 513 g/mol. The largest absolute Gasteiger partial charge is 0.490 e. The van der Waals surface area contributed by atoms with Gasteiger partial charge in [0.2, 0.25) is 5.88 Å². The van der Waals surface area contributed by atoms with E-state index in [1.165, 1.54) is 30.6 Å². The first-order chi connectivity index (χ1) is 19.5. The molecule has 3 heterocycles. The molecule has 0 saturated carbocycles. The second-order valence-electron chi connectivity index (χ2n) is 9.07. The molecule has 4 aromatic rings. The summed E-state index contributed by atoms with van der Waals surface area (Å²) in [6, 6.07) is 20.9. The number of likely N-dealkylation sites (tertiary alicyclic amines) is 1. The number of piperidine rings is 1. The third kappa shape index (κ3) is 6.57. The van der Waals surface area contributed by atoms with Crippen molar-refractivity contribution >= 4 is 17.5 Å². The zero-order valence-corrected chi connectivity index (χ0v) is 21.3. The van der Waals surface area contributed by atoms with Gasteiger partial charge >= 0.3 is 0 Å². The fourth-order valence-electron chi connectivity index (χ4n) is 4.15. The van der Waals surface area contributed by atoms with E-state index in [0.29, 0.717) is 60.1 Å². The number of halogens is 1. The van der Waals surface area contributed by atoms with E-state index in [0.717, 1.165) is 0 Å². The number of hydrogen-bond donors (Lipinski definition) is 1. The number of hydrogen-bond acceptors (Lipinski definition) is 7. The van der Waals surface area contributed by atoms with Gasteiger partial charge in [-0.15, -0.1) is 0 Å². The first-order valence-electron chi connectivity index (χ1n) is 12.6. The number of carbonyl (C=O) groups excluding carboxylic acids is 2. The molecule has 5 rings (SSSR count). The van der Waals surface area contributed by atoms with Gasteiger partial charge in [0.15, 0.2) is 0 Å². The molecule has 0 aliphatic carbocycles. The minimum Gasteiger partial charge on any atom is -0.490 e. The van der Waals surface area contributed by atoms with Crippen LogP contribution in [0.1, 0.15) is 39.3 Å². The van der Waals surface area contributed by atoms with Crippen LogP contribution in [-0.4, -0.2) is 45.9 Å². The summed E-state index contributed by atoms with van der Waals surface area (Å²) in [7, 11) is 0. The van der Waals surface area contributed by atoms with E-state index < -0.39 is 5.91 Å². The molecule has 2 aromatic carbocycles. The molecule has 0 spiro atoms. The van der Waals surface area contributed by atoms with Crippen molar-refractivity contribution in [3.8, 4) is 23.4 Å². The Morgan fingerprint density at radius 3 is 2.25 bits per heavy atom. The number of ether oxygens (including phenoxy) is 2. The van der Waals surface area contributed by atoms with Crippen molar-refractivity contribution in [2.24, 2.45) is 0 Å². The summed E-state index contributed by atoms with van der Waals surface area (Å²) < 4.78 is 24.6. The minimum absolute atomic E-state index is 0.0511. The van der Waals surface area contributed by atoms with Crippen molar-refractivity contribution in [1.29, 1.82) is 5.26 Å². The van der Waals surface area contributed by atoms with Crippen molar-refractivity contribution in [3.63, 3.8) is 0 Å². The lowest BCUT2D eigenvalue weighted by Gasteiger charge is -2.32. The van der Waals surface area contributed by atoms with Gasteiger partial charge in [-0.1, -0.05) is 0 Å². The number of nitrogens with one attached hydrogen (secondary N) is 1. The van der Waals surface area contributed by atoms with E-state index in [2.05, 4.69) is 15.3 Å². The highest BCUT2D eigenvalue weighted by Gasteiger charge is 2.25. The average Bonchev–Trinajstić information content (AvgIpc) is 3.00. The number of pyridine rings is 2. The third-order valence-corrected chi connectivity index (χ3v) is 6.29. The summed E-state index contributed by atoms with van der Waals surface area (Å²) >= 11 is 0. The highest BCUT2D eigenvalue weighted by Crippen LogP contribution is 2.22. The number of rotatable bonds is 7. The Balaban J connectivity index is 1.11. The summed E-state index contributed by atoms with van der Waals surface area (Å²) in [5.74, 6) is 0.539. The molecular formula is C30H24FN5O4. The van der Waals surface area contributed by atoms with E-state index in [4.69, 9.17) is 14.7 Å². The van der Waals surface area contributed by atoms with Gasteiger partial charge in [0.1, 0.15) is 29.1 Å². The molecule has 1 N–H and O–H groups in total. The van der Waals surface area contributed by atoms with Gasteiger partial charge in [0, 0.05) is 38.2 Å². The molecule has 40 heavy (non-hydrogen) atoms. The van der Waals surface area contributed by atoms with Gasteiger partial charge in [-0.3, -0.25) is 14.6 Å². The summed E-state index contributed by atoms with van der Waals surface area (Å²) in [4.78, 5) is 35.7. The number of anilines is 1. The number of aromatic nitrogens is 2. The van der Waals surface area contributed by atoms with Crippen LogP contribution >= 0.6 is 0 Å². The Kier molecular flexibility index (Phi) is 7.92. The van der Waals surface area contributed by atoms with Crippen LogP contribution in [0, 0.1) is 17.1 Å². The zero-order chi connectivity index (χ0) is 27.9. The van der Waals surface area contributed by atoms with Crippen molar-refractivity contribution in [2.75, 3.05) is 18.4 Å².